The van der Waals surface area contributed by atoms with Gasteiger partial charge in [-0.3, -0.25) is 4.55 Å². The van der Waals surface area contributed by atoms with Crippen LogP contribution in [0.25, 0.3) is 0 Å². The van der Waals surface area contributed by atoms with Crippen LogP contribution in [0.5, 0.6) is 11.5 Å². The van der Waals surface area contributed by atoms with E-state index in [1.807, 2.05) is 0 Å². The third-order valence-electron chi connectivity index (χ3n) is 2.89. The monoisotopic (exact) mass is 375 g/mol. The van der Waals surface area contributed by atoms with Crippen LogP contribution in [0.3, 0.4) is 0 Å². The average molecular weight is 376 g/mol. The number of nitrogens with zero attached hydrogens (tertiary/aromatic N) is 2. The summed E-state index contributed by atoms with van der Waals surface area (Å²) in [4.78, 5) is -0.467. The third kappa shape index (κ3) is 4.96. The number of allylic oxidation sites excluding steroid dienone is 1. The maximum atomic E-state index is 11.6. The Morgan fingerprint density at radius 2 is 1.72 bits per heavy atom. The summed E-state index contributed by atoms with van der Waals surface area (Å²) < 4.78 is 38.1. The quantitative estimate of drug-likeness (QED) is 0.602. The van der Waals surface area contributed by atoms with Gasteiger partial charge in [0.25, 0.3) is 10.1 Å². The van der Waals surface area contributed by atoms with Crippen LogP contribution in [0.2, 0.25) is 5.02 Å². The molecule has 0 heterocycles. The highest BCUT2D eigenvalue weighted by atomic mass is 35.5. The number of anilines is 1. The second-order valence-electron chi connectivity index (χ2n) is 4.61. The van der Waals surface area contributed by atoms with Crippen LogP contribution >= 0.6 is 11.6 Å². The highest BCUT2D eigenvalue weighted by Crippen LogP contribution is 2.30. The summed E-state index contributed by atoms with van der Waals surface area (Å²) in [5.41, 5.74) is -0.281. The highest BCUT2D eigenvalue weighted by molar-refractivity contribution is 7.86. The fraction of sp³-hybridized carbons (Fsp3) is 0. The Morgan fingerprint density at radius 1 is 1.12 bits per heavy atom. The number of hydrogen-bond donors (Lipinski definition) is 2. The number of nitriles is 2. The third-order valence-corrected chi connectivity index (χ3v) is 4.04. The predicted octanol–water partition coefficient (Wildman–Crippen LogP) is 3.72. The lowest BCUT2D eigenvalue weighted by Crippen LogP contribution is -2.04. The van der Waals surface area contributed by atoms with E-state index in [4.69, 9.17) is 26.9 Å². The molecule has 0 atom stereocenters. The van der Waals surface area contributed by atoms with Gasteiger partial charge < -0.3 is 10.1 Å². The maximum absolute atomic E-state index is 11.6. The molecule has 25 heavy (non-hydrogen) atoms. The summed E-state index contributed by atoms with van der Waals surface area (Å²) in [6.45, 7) is 0. The fourth-order valence-electron chi connectivity index (χ4n) is 1.78. The lowest BCUT2D eigenvalue weighted by Gasteiger charge is -2.11. The van der Waals surface area contributed by atoms with E-state index in [9.17, 15) is 13.0 Å². The Morgan fingerprint density at radius 3 is 2.28 bits per heavy atom. The molecule has 2 rings (SSSR count). The van der Waals surface area contributed by atoms with Gasteiger partial charge in [0.2, 0.25) is 0 Å². The van der Waals surface area contributed by atoms with E-state index in [-0.39, 0.29) is 17.0 Å². The predicted molar refractivity (Wildman–Crippen MR) is 90.7 cm³/mol. The first-order valence-electron chi connectivity index (χ1n) is 6.65. The molecule has 0 aromatic heterocycles. The Balaban J connectivity index is 2.37. The molecule has 0 saturated carbocycles. The summed E-state index contributed by atoms with van der Waals surface area (Å²) in [7, 11) is -4.58. The Bertz CT molecular complexity index is 987. The van der Waals surface area contributed by atoms with Crippen LogP contribution < -0.4 is 10.1 Å². The van der Waals surface area contributed by atoms with E-state index >= 15 is 0 Å². The molecular formula is C16H10ClN3O4S. The van der Waals surface area contributed by atoms with Crippen molar-refractivity contribution in [1.29, 1.82) is 10.5 Å². The zero-order chi connectivity index (χ0) is 18.4. The molecule has 0 bridgehead atoms. The molecule has 0 aliphatic carbocycles. The molecule has 0 unspecified atom stereocenters. The molecule has 0 spiro atoms. The van der Waals surface area contributed by atoms with Gasteiger partial charge in [0.1, 0.15) is 34.1 Å². The standard InChI is InChI=1S/C16H10ClN3O4S/c17-12-1-3-13(4-2-12)24-14-5-6-15(16(7-14)25(21,22)23)20-10-11(8-18)9-19/h1-7,10,20H,(H,21,22,23). The molecule has 2 aromatic carbocycles. The first kappa shape index (κ1) is 18.3. The Hall–Kier alpha value is -3.04. The second kappa shape index (κ2) is 7.69. The largest absolute Gasteiger partial charge is 0.457 e. The molecule has 2 N–H and O–H groups in total. The van der Waals surface area contributed by atoms with Gasteiger partial charge in [-0.05, 0) is 36.4 Å². The van der Waals surface area contributed by atoms with Crippen molar-refractivity contribution in [1.82, 2.24) is 0 Å². The maximum Gasteiger partial charge on any atom is 0.296 e. The Kier molecular flexibility index (Phi) is 5.63. The summed E-state index contributed by atoms with van der Waals surface area (Å²) in [6, 6.07) is 13.5. The molecule has 0 amide bonds. The number of hydrogen-bond acceptors (Lipinski definition) is 6. The first-order chi connectivity index (χ1) is 11.8. The number of halogens is 1. The van der Waals surface area contributed by atoms with E-state index in [0.717, 1.165) is 12.3 Å². The van der Waals surface area contributed by atoms with Crippen LogP contribution in [-0.2, 0) is 10.1 Å². The normalized spacial score (nSPS) is 10.2. The molecule has 0 aliphatic heterocycles. The van der Waals surface area contributed by atoms with Crippen molar-refractivity contribution in [2.75, 3.05) is 5.32 Å². The molecule has 0 aliphatic rings. The van der Waals surface area contributed by atoms with Gasteiger partial charge in [-0.25, -0.2) is 0 Å². The minimum Gasteiger partial charge on any atom is -0.457 e. The SMILES string of the molecule is N#CC(C#N)=CNc1ccc(Oc2ccc(Cl)cc2)cc1S(=O)(=O)O. The Labute approximate surface area is 149 Å². The van der Waals surface area contributed by atoms with Crippen LogP contribution in [0.4, 0.5) is 5.69 Å². The number of nitrogens with one attached hydrogen (secondary N) is 1. The zero-order valence-electron chi connectivity index (χ0n) is 12.5. The van der Waals surface area contributed by atoms with Gasteiger partial charge in [-0.15, -0.1) is 0 Å². The summed E-state index contributed by atoms with van der Waals surface area (Å²) >= 11 is 5.78. The van der Waals surface area contributed by atoms with Crippen molar-refractivity contribution < 1.29 is 17.7 Å². The first-order valence-corrected chi connectivity index (χ1v) is 8.47. The van der Waals surface area contributed by atoms with Gasteiger partial charge in [0.15, 0.2) is 0 Å². The van der Waals surface area contributed by atoms with Crippen LogP contribution in [0.1, 0.15) is 0 Å². The van der Waals surface area contributed by atoms with Crippen molar-refractivity contribution in [2.24, 2.45) is 0 Å². The van der Waals surface area contributed by atoms with Gasteiger partial charge in [0, 0.05) is 17.3 Å². The number of rotatable bonds is 5. The number of ether oxygens (including phenoxy) is 1. The minimum atomic E-state index is -4.58. The van der Waals surface area contributed by atoms with Crippen molar-refractivity contribution in [2.45, 2.75) is 4.90 Å². The van der Waals surface area contributed by atoms with Crippen LogP contribution in [-0.4, -0.2) is 13.0 Å². The topological polar surface area (TPSA) is 123 Å². The molecule has 0 saturated heterocycles. The van der Waals surface area contributed by atoms with Gasteiger partial charge in [0.05, 0.1) is 5.69 Å². The smallest absolute Gasteiger partial charge is 0.296 e. The van der Waals surface area contributed by atoms with E-state index in [1.54, 1.807) is 36.4 Å². The van der Waals surface area contributed by atoms with Gasteiger partial charge in [-0.1, -0.05) is 11.6 Å². The minimum absolute atomic E-state index is 0.0195. The van der Waals surface area contributed by atoms with E-state index < -0.39 is 15.0 Å². The number of benzene rings is 2. The van der Waals surface area contributed by atoms with Crippen molar-refractivity contribution in [3.8, 4) is 23.6 Å². The van der Waals surface area contributed by atoms with Crippen LogP contribution in [0, 0.1) is 22.7 Å². The van der Waals surface area contributed by atoms with Crippen molar-refractivity contribution in [3.05, 3.63) is 59.3 Å². The molecular weight excluding hydrogens is 366 g/mol. The van der Waals surface area contributed by atoms with Crippen molar-refractivity contribution in [3.63, 3.8) is 0 Å². The summed E-state index contributed by atoms with van der Waals surface area (Å²) in [6.07, 6.45) is 1.03. The molecule has 0 radical (unpaired) electrons. The van der Waals surface area contributed by atoms with E-state index in [2.05, 4.69) is 5.32 Å². The van der Waals surface area contributed by atoms with Crippen molar-refractivity contribution >= 4 is 27.4 Å². The molecule has 126 valence electrons. The van der Waals surface area contributed by atoms with Gasteiger partial charge >= 0.3 is 0 Å². The summed E-state index contributed by atoms with van der Waals surface area (Å²) in [5.74, 6) is 0.577. The lowest BCUT2D eigenvalue weighted by molar-refractivity contribution is 0.472. The van der Waals surface area contributed by atoms with E-state index in [1.165, 1.54) is 12.1 Å². The average Bonchev–Trinajstić information content (AvgIpc) is 2.58. The van der Waals surface area contributed by atoms with Crippen LogP contribution in [0.15, 0.2) is 59.1 Å². The molecule has 7 nitrogen and oxygen atoms in total. The highest BCUT2D eigenvalue weighted by Gasteiger charge is 2.17. The molecule has 2 aromatic rings. The lowest BCUT2D eigenvalue weighted by atomic mass is 10.3. The summed E-state index contributed by atoms with van der Waals surface area (Å²) in [5, 5.41) is 20.4. The van der Waals surface area contributed by atoms with Gasteiger partial charge in [-0.2, -0.15) is 18.9 Å². The van der Waals surface area contributed by atoms with E-state index in [0.29, 0.717) is 10.8 Å². The molecule has 0 fully saturated rings. The fourth-order valence-corrected chi connectivity index (χ4v) is 2.57. The zero-order valence-corrected chi connectivity index (χ0v) is 14.0. The molecule has 9 heteroatoms. The second-order valence-corrected chi connectivity index (χ2v) is 6.44.